The first-order chi connectivity index (χ1) is 9.94. The average Bonchev–Trinajstić information content (AvgIpc) is 2.45. The van der Waals surface area contributed by atoms with Crippen LogP contribution in [0.3, 0.4) is 0 Å². The van der Waals surface area contributed by atoms with Crippen LogP contribution in [0.5, 0.6) is 0 Å². The molecule has 0 atom stereocenters. The maximum atomic E-state index is 11.9. The predicted molar refractivity (Wildman–Crippen MR) is 80.8 cm³/mol. The van der Waals surface area contributed by atoms with Gasteiger partial charge in [0.2, 0.25) is 5.95 Å². The zero-order chi connectivity index (χ0) is 15.3. The molecule has 6 nitrogen and oxygen atoms in total. The molecular weight excluding hydrogens is 266 g/mol. The molecule has 0 saturated carbocycles. The molecule has 6 heteroatoms. The van der Waals surface area contributed by atoms with Gasteiger partial charge in [-0.05, 0) is 32.9 Å². The van der Waals surface area contributed by atoms with Gasteiger partial charge in [-0.2, -0.15) is 0 Å². The van der Waals surface area contributed by atoms with Crippen LogP contribution in [0.15, 0.2) is 36.8 Å². The standard InChI is InChI=1S/C15H19N5O/c1-15(2,3)20-13(21)11-8-17-14(18-9-11)19-10-12-6-4-5-7-16-12/h4-9H,10H2,1-3H3,(H,20,21)(H,17,18,19). The van der Waals surface area contributed by atoms with Gasteiger partial charge in [0.25, 0.3) is 5.91 Å². The van der Waals surface area contributed by atoms with Gasteiger partial charge in [-0.3, -0.25) is 9.78 Å². The molecule has 2 rings (SSSR count). The lowest BCUT2D eigenvalue weighted by atomic mass is 10.1. The van der Waals surface area contributed by atoms with Crippen LogP contribution >= 0.6 is 0 Å². The van der Waals surface area contributed by atoms with Crippen molar-refractivity contribution < 1.29 is 4.79 Å². The van der Waals surface area contributed by atoms with Crippen LogP contribution in [-0.2, 0) is 6.54 Å². The summed E-state index contributed by atoms with van der Waals surface area (Å²) in [6, 6.07) is 5.70. The SMILES string of the molecule is CC(C)(C)NC(=O)c1cnc(NCc2ccccn2)nc1. The van der Waals surface area contributed by atoms with E-state index in [9.17, 15) is 4.79 Å². The summed E-state index contributed by atoms with van der Waals surface area (Å²) in [7, 11) is 0. The van der Waals surface area contributed by atoms with Crippen LogP contribution in [-0.4, -0.2) is 26.4 Å². The third kappa shape index (κ3) is 4.83. The second kappa shape index (κ2) is 6.30. The lowest BCUT2D eigenvalue weighted by Gasteiger charge is -2.20. The van der Waals surface area contributed by atoms with Gasteiger partial charge in [0.1, 0.15) is 0 Å². The molecule has 0 aliphatic carbocycles. The highest BCUT2D eigenvalue weighted by molar-refractivity contribution is 5.94. The van der Waals surface area contributed by atoms with Gasteiger partial charge in [-0.1, -0.05) is 6.07 Å². The summed E-state index contributed by atoms with van der Waals surface area (Å²) in [5, 5.41) is 5.92. The van der Waals surface area contributed by atoms with Crippen molar-refractivity contribution in [3.63, 3.8) is 0 Å². The topological polar surface area (TPSA) is 79.8 Å². The van der Waals surface area contributed by atoms with E-state index in [-0.39, 0.29) is 11.4 Å². The number of pyridine rings is 1. The molecule has 0 radical (unpaired) electrons. The second-order valence-corrected chi connectivity index (χ2v) is 5.67. The van der Waals surface area contributed by atoms with E-state index < -0.39 is 0 Å². The summed E-state index contributed by atoms with van der Waals surface area (Å²) in [6.45, 7) is 6.31. The molecule has 0 unspecified atom stereocenters. The van der Waals surface area contributed by atoms with Crippen LogP contribution in [0, 0.1) is 0 Å². The van der Waals surface area contributed by atoms with E-state index in [1.807, 2.05) is 39.0 Å². The predicted octanol–water partition coefficient (Wildman–Crippen LogP) is 2.01. The lowest BCUT2D eigenvalue weighted by Crippen LogP contribution is -2.40. The van der Waals surface area contributed by atoms with Crippen LogP contribution in [0.25, 0.3) is 0 Å². The first-order valence-corrected chi connectivity index (χ1v) is 6.72. The number of rotatable bonds is 4. The van der Waals surface area contributed by atoms with Crippen LogP contribution in [0.2, 0.25) is 0 Å². The van der Waals surface area contributed by atoms with E-state index in [1.165, 1.54) is 12.4 Å². The molecule has 0 aliphatic heterocycles. The van der Waals surface area contributed by atoms with Crippen molar-refractivity contribution in [2.45, 2.75) is 32.9 Å². The lowest BCUT2D eigenvalue weighted by molar-refractivity contribution is 0.0919. The monoisotopic (exact) mass is 285 g/mol. The summed E-state index contributed by atoms with van der Waals surface area (Å²) in [6.07, 6.45) is 4.75. The summed E-state index contributed by atoms with van der Waals surface area (Å²) in [5.74, 6) is 0.284. The van der Waals surface area contributed by atoms with Crippen LogP contribution in [0.1, 0.15) is 36.8 Å². The summed E-state index contributed by atoms with van der Waals surface area (Å²) < 4.78 is 0. The zero-order valence-electron chi connectivity index (χ0n) is 12.4. The van der Waals surface area contributed by atoms with Gasteiger partial charge >= 0.3 is 0 Å². The Kier molecular flexibility index (Phi) is 4.47. The molecule has 2 N–H and O–H groups in total. The number of anilines is 1. The number of nitrogens with zero attached hydrogens (tertiary/aromatic N) is 3. The van der Waals surface area contributed by atoms with Crippen LogP contribution < -0.4 is 10.6 Å². The Labute approximate surface area is 124 Å². The molecule has 0 aromatic carbocycles. The first kappa shape index (κ1) is 14.9. The van der Waals surface area contributed by atoms with E-state index in [1.54, 1.807) is 6.20 Å². The largest absolute Gasteiger partial charge is 0.349 e. The molecule has 1 amide bonds. The van der Waals surface area contributed by atoms with Crippen molar-refractivity contribution in [2.75, 3.05) is 5.32 Å². The molecule has 2 aromatic rings. The molecular formula is C15H19N5O. The molecule has 21 heavy (non-hydrogen) atoms. The van der Waals surface area contributed by atoms with Gasteiger partial charge in [-0.25, -0.2) is 9.97 Å². The third-order valence-corrected chi connectivity index (χ3v) is 2.56. The fourth-order valence-electron chi connectivity index (χ4n) is 1.62. The van der Waals surface area contributed by atoms with Crippen molar-refractivity contribution in [2.24, 2.45) is 0 Å². The van der Waals surface area contributed by atoms with Crippen LogP contribution in [0.4, 0.5) is 5.95 Å². The molecule has 0 fully saturated rings. The number of aromatic nitrogens is 3. The van der Waals surface area contributed by atoms with E-state index in [4.69, 9.17) is 0 Å². The molecule has 0 bridgehead atoms. The molecule has 0 saturated heterocycles. The van der Waals surface area contributed by atoms with E-state index in [0.29, 0.717) is 18.1 Å². The Bertz CT molecular complexity index is 590. The van der Waals surface area contributed by atoms with E-state index >= 15 is 0 Å². The molecule has 0 aliphatic rings. The summed E-state index contributed by atoms with van der Waals surface area (Å²) in [4.78, 5) is 24.4. The Hall–Kier alpha value is -2.50. The zero-order valence-corrected chi connectivity index (χ0v) is 12.4. The maximum absolute atomic E-state index is 11.9. The molecule has 110 valence electrons. The van der Waals surface area contributed by atoms with Gasteiger partial charge in [0.15, 0.2) is 0 Å². The highest BCUT2D eigenvalue weighted by atomic mass is 16.1. The van der Waals surface area contributed by atoms with Crippen molar-refractivity contribution in [1.82, 2.24) is 20.3 Å². The smallest absolute Gasteiger partial charge is 0.254 e. The number of nitrogens with one attached hydrogen (secondary N) is 2. The van der Waals surface area contributed by atoms with Crippen molar-refractivity contribution in [1.29, 1.82) is 0 Å². The summed E-state index contributed by atoms with van der Waals surface area (Å²) >= 11 is 0. The fraction of sp³-hybridized carbons (Fsp3) is 0.333. The van der Waals surface area contributed by atoms with Gasteiger partial charge in [-0.15, -0.1) is 0 Å². The number of hydrogen-bond acceptors (Lipinski definition) is 5. The normalized spacial score (nSPS) is 11.0. The second-order valence-electron chi connectivity index (χ2n) is 5.67. The van der Waals surface area contributed by atoms with Crippen molar-refractivity contribution >= 4 is 11.9 Å². The molecule has 2 aromatic heterocycles. The van der Waals surface area contributed by atoms with Gasteiger partial charge in [0.05, 0.1) is 17.8 Å². The number of amides is 1. The van der Waals surface area contributed by atoms with E-state index in [0.717, 1.165) is 5.69 Å². The minimum atomic E-state index is -0.285. The summed E-state index contributed by atoms with van der Waals surface area (Å²) in [5.41, 5.74) is 1.05. The minimum absolute atomic E-state index is 0.182. The highest BCUT2D eigenvalue weighted by Crippen LogP contribution is 2.05. The Morgan fingerprint density at radius 2 is 1.86 bits per heavy atom. The Balaban J connectivity index is 1.94. The average molecular weight is 285 g/mol. The first-order valence-electron chi connectivity index (χ1n) is 6.72. The van der Waals surface area contributed by atoms with E-state index in [2.05, 4.69) is 25.6 Å². The molecule has 0 spiro atoms. The van der Waals surface area contributed by atoms with Gasteiger partial charge in [0, 0.05) is 24.1 Å². The third-order valence-electron chi connectivity index (χ3n) is 2.56. The number of hydrogen-bond donors (Lipinski definition) is 2. The molecule has 2 heterocycles. The van der Waals surface area contributed by atoms with Gasteiger partial charge < -0.3 is 10.6 Å². The quantitative estimate of drug-likeness (QED) is 0.898. The Morgan fingerprint density at radius 3 is 2.43 bits per heavy atom. The number of carbonyl (C=O) groups excluding carboxylic acids is 1. The number of carbonyl (C=O) groups is 1. The highest BCUT2D eigenvalue weighted by Gasteiger charge is 2.15. The minimum Gasteiger partial charge on any atom is -0.349 e. The fourth-order valence-corrected chi connectivity index (χ4v) is 1.62. The Morgan fingerprint density at radius 1 is 1.14 bits per heavy atom. The van der Waals surface area contributed by atoms with Crippen molar-refractivity contribution in [3.8, 4) is 0 Å². The maximum Gasteiger partial charge on any atom is 0.254 e. The van der Waals surface area contributed by atoms with Crippen molar-refractivity contribution in [3.05, 3.63) is 48.0 Å².